The third kappa shape index (κ3) is 5.48. The number of cyclic esters (lactones) is 1. The van der Waals surface area contributed by atoms with Gasteiger partial charge in [-0.05, 0) is 31.0 Å². The number of aromatic nitrogens is 6. The van der Waals surface area contributed by atoms with Crippen molar-refractivity contribution in [2.45, 2.75) is 45.4 Å². The van der Waals surface area contributed by atoms with Gasteiger partial charge in [0.1, 0.15) is 23.3 Å². The summed E-state index contributed by atoms with van der Waals surface area (Å²) in [6.07, 6.45) is 3.90. The maximum Gasteiger partial charge on any atom is 0.414 e. The molecule has 2 amide bonds. The van der Waals surface area contributed by atoms with Gasteiger partial charge in [-0.25, -0.2) is 18.5 Å². The van der Waals surface area contributed by atoms with Gasteiger partial charge in [-0.2, -0.15) is 0 Å². The normalized spacial score (nSPS) is 18.1. The van der Waals surface area contributed by atoms with Gasteiger partial charge in [0, 0.05) is 26.9 Å². The summed E-state index contributed by atoms with van der Waals surface area (Å²) in [4.78, 5) is 38.1. The van der Waals surface area contributed by atoms with Crippen LogP contribution in [0.25, 0.3) is 0 Å². The lowest BCUT2D eigenvalue weighted by Crippen LogP contribution is -2.35. The number of piperidine rings is 1. The molecule has 2 aromatic heterocycles. The van der Waals surface area contributed by atoms with Crippen molar-refractivity contribution in [3.63, 3.8) is 0 Å². The Balaban J connectivity index is 1.17. The first-order valence-electron chi connectivity index (χ1n) is 12.4. The molecule has 0 radical (unpaired) electrons. The zero-order valence-electron chi connectivity index (χ0n) is 21.1. The van der Waals surface area contributed by atoms with Crippen molar-refractivity contribution in [2.24, 2.45) is 0 Å². The maximum atomic E-state index is 15.1. The summed E-state index contributed by atoms with van der Waals surface area (Å²) in [6.45, 7) is 4.89. The van der Waals surface area contributed by atoms with Crippen molar-refractivity contribution in [2.75, 3.05) is 36.0 Å². The van der Waals surface area contributed by atoms with Gasteiger partial charge < -0.3 is 15.0 Å². The Kier molecular flexibility index (Phi) is 7.03. The summed E-state index contributed by atoms with van der Waals surface area (Å²) in [6, 6.07) is 4.85. The minimum atomic E-state index is -0.566. The molecule has 0 saturated carbocycles. The van der Waals surface area contributed by atoms with Crippen LogP contribution >= 0.6 is 0 Å². The number of carbonyl (C=O) groups is 3. The van der Waals surface area contributed by atoms with Crippen LogP contribution in [-0.2, 0) is 16.1 Å². The largest absolute Gasteiger partial charge is 0.442 e. The molecule has 4 heterocycles. The zero-order chi connectivity index (χ0) is 26.8. The quantitative estimate of drug-likeness (QED) is 0.434. The minimum absolute atomic E-state index is 0.123. The standard InChI is InChI=1S/C24H28FN9O4/c1-15(35)22-14-32(29-28-22)11-17-12-34(30-27-17)18-5-7-31(8-6-18)23-4-3-19(9-21(23)25)33-13-20(38-24(33)37)10-26-16(2)36/h3-4,9,12,14,18,20H,5-8,10-11,13H2,1-2H3,(H,26,36)/t20-/m0/s1. The van der Waals surface area contributed by atoms with Gasteiger partial charge in [0.2, 0.25) is 5.91 Å². The maximum absolute atomic E-state index is 15.1. The number of nitrogens with zero attached hydrogens (tertiary/aromatic N) is 8. The summed E-state index contributed by atoms with van der Waals surface area (Å²) < 4.78 is 23.7. The summed E-state index contributed by atoms with van der Waals surface area (Å²) >= 11 is 0. The monoisotopic (exact) mass is 525 g/mol. The number of benzene rings is 1. The van der Waals surface area contributed by atoms with Gasteiger partial charge in [0.05, 0.1) is 49.4 Å². The molecule has 1 N–H and O–H groups in total. The molecule has 0 spiro atoms. The van der Waals surface area contributed by atoms with E-state index in [9.17, 15) is 14.4 Å². The number of amides is 2. The van der Waals surface area contributed by atoms with Crippen molar-refractivity contribution in [3.05, 3.63) is 47.8 Å². The summed E-state index contributed by atoms with van der Waals surface area (Å²) in [5, 5.41) is 18.9. The first kappa shape index (κ1) is 25.3. The Hall–Kier alpha value is -4.36. The average molecular weight is 526 g/mol. The molecule has 200 valence electrons. The number of rotatable bonds is 8. The second kappa shape index (κ2) is 10.6. The highest BCUT2D eigenvalue weighted by Crippen LogP contribution is 2.31. The predicted molar refractivity (Wildman–Crippen MR) is 132 cm³/mol. The minimum Gasteiger partial charge on any atom is -0.442 e. The van der Waals surface area contributed by atoms with Crippen LogP contribution in [-0.4, -0.2) is 80.1 Å². The number of hydrogen-bond donors (Lipinski definition) is 1. The highest BCUT2D eigenvalue weighted by atomic mass is 19.1. The van der Waals surface area contributed by atoms with Crippen molar-refractivity contribution >= 4 is 29.2 Å². The molecular formula is C24H28FN9O4. The molecule has 2 aliphatic rings. The van der Waals surface area contributed by atoms with E-state index in [2.05, 4.69) is 25.9 Å². The van der Waals surface area contributed by atoms with E-state index in [4.69, 9.17) is 4.74 Å². The van der Waals surface area contributed by atoms with Crippen LogP contribution in [0.15, 0.2) is 30.6 Å². The lowest BCUT2D eigenvalue weighted by Gasteiger charge is -2.33. The molecule has 3 aromatic rings. The number of ketones is 1. The Morgan fingerprint density at radius 2 is 1.92 bits per heavy atom. The molecule has 0 unspecified atom stereocenters. The molecule has 14 heteroatoms. The first-order valence-corrected chi connectivity index (χ1v) is 12.4. The van der Waals surface area contributed by atoms with Crippen molar-refractivity contribution < 1.29 is 23.5 Å². The molecule has 13 nitrogen and oxygen atoms in total. The fourth-order valence-electron chi connectivity index (χ4n) is 4.65. The van der Waals surface area contributed by atoms with Crippen molar-refractivity contribution in [1.82, 2.24) is 35.3 Å². The number of Topliss-reactive ketones (excluding diaryl/α,β-unsaturated/α-hetero) is 1. The fraction of sp³-hybridized carbons (Fsp3) is 0.458. The topological polar surface area (TPSA) is 140 Å². The summed E-state index contributed by atoms with van der Waals surface area (Å²) in [7, 11) is 0. The van der Waals surface area contributed by atoms with Crippen LogP contribution in [0.4, 0.5) is 20.6 Å². The Morgan fingerprint density at radius 3 is 2.61 bits per heavy atom. The van der Waals surface area contributed by atoms with Crippen LogP contribution in [0.1, 0.15) is 48.9 Å². The van der Waals surface area contributed by atoms with E-state index in [1.165, 1.54) is 24.8 Å². The van der Waals surface area contributed by atoms with Gasteiger partial charge >= 0.3 is 6.09 Å². The second-order valence-electron chi connectivity index (χ2n) is 9.45. The molecule has 2 fully saturated rings. The van der Waals surface area contributed by atoms with E-state index in [0.29, 0.717) is 42.4 Å². The van der Waals surface area contributed by atoms with Crippen LogP contribution in [0, 0.1) is 5.82 Å². The molecule has 0 aliphatic carbocycles. The third-order valence-corrected chi connectivity index (χ3v) is 6.66. The molecular weight excluding hydrogens is 497 g/mol. The van der Waals surface area contributed by atoms with E-state index in [0.717, 1.165) is 12.8 Å². The number of hydrogen-bond acceptors (Lipinski definition) is 9. The average Bonchev–Trinajstić information content (AvgIpc) is 3.63. The molecule has 1 aromatic carbocycles. The summed E-state index contributed by atoms with van der Waals surface area (Å²) in [5.74, 6) is -0.776. The third-order valence-electron chi connectivity index (χ3n) is 6.66. The van der Waals surface area contributed by atoms with E-state index in [1.54, 1.807) is 23.0 Å². The lowest BCUT2D eigenvalue weighted by atomic mass is 10.0. The molecule has 2 saturated heterocycles. The summed E-state index contributed by atoms with van der Waals surface area (Å²) in [5.41, 5.74) is 1.89. The van der Waals surface area contributed by atoms with Crippen LogP contribution in [0.3, 0.4) is 0 Å². The number of halogens is 1. The molecule has 2 aliphatic heterocycles. The van der Waals surface area contributed by atoms with Crippen molar-refractivity contribution in [3.8, 4) is 0 Å². The molecule has 38 heavy (non-hydrogen) atoms. The van der Waals surface area contributed by atoms with E-state index >= 15 is 4.39 Å². The smallest absolute Gasteiger partial charge is 0.414 e. The van der Waals surface area contributed by atoms with Gasteiger partial charge in [-0.3, -0.25) is 14.5 Å². The highest BCUT2D eigenvalue weighted by molar-refractivity contribution is 5.91. The van der Waals surface area contributed by atoms with Crippen molar-refractivity contribution in [1.29, 1.82) is 0 Å². The fourth-order valence-corrected chi connectivity index (χ4v) is 4.65. The van der Waals surface area contributed by atoms with Gasteiger partial charge in [0.25, 0.3) is 0 Å². The van der Waals surface area contributed by atoms with Gasteiger partial charge in [-0.15, -0.1) is 10.2 Å². The Bertz CT molecular complexity index is 1350. The van der Waals surface area contributed by atoms with Crippen LogP contribution < -0.4 is 15.1 Å². The van der Waals surface area contributed by atoms with Gasteiger partial charge in [0.15, 0.2) is 5.78 Å². The lowest BCUT2D eigenvalue weighted by molar-refractivity contribution is -0.119. The zero-order valence-corrected chi connectivity index (χ0v) is 21.1. The first-order chi connectivity index (χ1) is 18.3. The predicted octanol–water partition coefficient (Wildman–Crippen LogP) is 1.56. The van der Waals surface area contributed by atoms with E-state index in [1.807, 2.05) is 15.8 Å². The Morgan fingerprint density at radius 1 is 1.13 bits per heavy atom. The number of nitrogens with one attached hydrogen (secondary N) is 1. The van der Waals surface area contributed by atoms with E-state index < -0.39 is 18.0 Å². The SMILES string of the molecule is CC(=O)NC[C@H]1CN(c2ccc(N3CCC(n4cc(Cn5cc(C(C)=O)nn5)nn4)CC3)c(F)c2)C(=O)O1. The Labute approximate surface area is 217 Å². The van der Waals surface area contributed by atoms with Crippen LogP contribution in [0.2, 0.25) is 0 Å². The van der Waals surface area contributed by atoms with E-state index in [-0.39, 0.29) is 30.8 Å². The molecule has 5 rings (SSSR count). The number of carbonyl (C=O) groups excluding carboxylic acids is 3. The van der Waals surface area contributed by atoms with Crippen LogP contribution in [0.5, 0.6) is 0 Å². The second-order valence-corrected chi connectivity index (χ2v) is 9.45. The highest BCUT2D eigenvalue weighted by Gasteiger charge is 2.33. The number of ether oxygens (including phenoxy) is 1. The number of anilines is 2. The molecule has 0 bridgehead atoms. The van der Waals surface area contributed by atoms with Gasteiger partial charge in [-0.1, -0.05) is 10.4 Å². The molecule has 1 atom stereocenters.